The molecule has 0 aliphatic carbocycles. The summed E-state index contributed by atoms with van der Waals surface area (Å²) in [6.45, 7) is 2.51. The first-order valence-corrected chi connectivity index (χ1v) is 6.59. The molecular weight excluding hydrogens is 252 g/mol. The Bertz CT molecular complexity index is 579. The number of carbonyl (C=O) groups excluding carboxylic acids is 1. The lowest BCUT2D eigenvalue weighted by Gasteiger charge is -2.07. The first-order valence-electron chi connectivity index (χ1n) is 6.59. The van der Waals surface area contributed by atoms with Crippen LogP contribution in [0.3, 0.4) is 0 Å². The van der Waals surface area contributed by atoms with Gasteiger partial charge < -0.3 is 10.1 Å². The third-order valence-corrected chi connectivity index (χ3v) is 3.04. The maximum absolute atomic E-state index is 11.6. The highest BCUT2D eigenvalue weighted by Gasteiger charge is 2.04. The van der Waals surface area contributed by atoms with Crippen LogP contribution in [0.15, 0.2) is 42.6 Å². The molecule has 2 aromatic rings. The molecular formula is C16H18N2O2. The molecule has 2 rings (SSSR count). The van der Waals surface area contributed by atoms with E-state index in [0.717, 1.165) is 11.3 Å². The minimum absolute atomic E-state index is 0.125. The Hall–Kier alpha value is -2.36. The molecule has 4 heteroatoms. The van der Waals surface area contributed by atoms with Crippen LogP contribution in [-0.4, -0.2) is 17.9 Å². The first kappa shape index (κ1) is 14.1. The number of anilines is 1. The van der Waals surface area contributed by atoms with Gasteiger partial charge in [-0.25, -0.2) is 4.98 Å². The summed E-state index contributed by atoms with van der Waals surface area (Å²) in [5.41, 5.74) is 1.82. The molecule has 0 saturated carbocycles. The van der Waals surface area contributed by atoms with E-state index in [9.17, 15) is 4.79 Å². The zero-order valence-electron chi connectivity index (χ0n) is 11.7. The fraction of sp³-hybridized carbons (Fsp3) is 0.250. The van der Waals surface area contributed by atoms with Crippen molar-refractivity contribution in [1.29, 1.82) is 0 Å². The predicted molar refractivity (Wildman–Crippen MR) is 79.2 cm³/mol. The fourth-order valence-corrected chi connectivity index (χ4v) is 1.84. The summed E-state index contributed by atoms with van der Waals surface area (Å²) < 4.78 is 5.12. The lowest BCUT2D eigenvalue weighted by atomic mass is 10.1. The molecule has 104 valence electrons. The number of hydrogen-bond donors (Lipinski definition) is 1. The minimum Gasteiger partial charge on any atom is -0.497 e. The summed E-state index contributed by atoms with van der Waals surface area (Å²) in [7, 11) is 1.65. The molecule has 1 heterocycles. The second kappa shape index (κ2) is 6.70. The van der Waals surface area contributed by atoms with Gasteiger partial charge in [-0.2, -0.15) is 0 Å². The van der Waals surface area contributed by atoms with Gasteiger partial charge in [0, 0.05) is 24.7 Å². The van der Waals surface area contributed by atoms with Crippen LogP contribution in [0, 0.1) is 0 Å². The van der Waals surface area contributed by atoms with Crippen molar-refractivity contribution in [3.05, 3.63) is 53.7 Å². The predicted octanol–water partition coefficient (Wildman–Crippen LogP) is 3.30. The van der Waals surface area contributed by atoms with E-state index in [4.69, 9.17) is 4.74 Å². The third kappa shape index (κ3) is 3.57. The topological polar surface area (TPSA) is 51.2 Å². The van der Waals surface area contributed by atoms with Gasteiger partial charge in [-0.3, -0.25) is 4.79 Å². The second-order valence-electron chi connectivity index (χ2n) is 4.41. The third-order valence-electron chi connectivity index (χ3n) is 3.04. The molecule has 0 atom stereocenters. The van der Waals surface area contributed by atoms with E-state index in [-0.39, 0.29) is 5.78 Å². The molecule has 1 aromatic carbocycles. The summed E-state index contributed by atoms with van der Waals surface area (Å²) in [4.78, 5) is 15.9. The van der Waals surface area contributed by atoms with Crippen molar-refractivity contribution in [3.63, 3.8) is 0 Å². The molecule has 0 aliphatic rings. The SMILES string of the molecule is CCC(=O)c1ccnc(NCc2ccc(OC)cc2)c1. The number of benzene rings is 1. The number of nitrogens with one attached hydrogen (secondary N) is 1. The molecule has 1 aromatic heterocycles. The monoisotopic (exact) mass is 270 g/mol. The highest BCUT2D eigenvalue weighted by atomic mass is 16.5. The van der Waals surface area contributed by atoms with Crippen molar-refractivity contribution in [2.45, 2.75) is 19.9 Å². The number of ketones is 1. The summed E-state index contributed by atoms with van der Waals surface area (Å²) in [6.07, 6.45) is 2.15. The molecule has 0 radical (unpaired) electrons. The fourth-order valence-electron chi connectivity index (χ4n) is 1.84. The quantitative estimate of drug-likeness (QED) is 0.818. The normalized spacial score (nSPS) is 10.1. The lowest BCUT2D eigenvalue weighted by molar-refractivity contribution is 0.0988. The van der Waals surface area contributed by atoms with Gasteiger partial charge in [0.05, 0.1) is 7.11 Å². The van der Waals surface area contributed by atoms with Crippen molar-refractivity contribution < 1.29 is 9.53 Å². The molecule has 0 spiro atoms. The summed E-state index contributed by atoms with van der Waals surface area (Å²) in [5.74, 6) is 1.67. The molecule has 0 aliphatic heterocycles. The van der Waals surface area contributed by atoms with Crippen molar-refractivity contribution in [2.75, 3.05) is 12.4 Å². The van der Waals surface area contributed by atoms with Crippen molar-refractivity contribution in [2.24, 2.45) is 0 Å². The van der Waals surface area contributed by atoms with Crippen LogP contribution < -0.4 is 10.1 Å². The number of rotatable bonds is 6. The van der Waals surface area contributed by atoms with Gasteiger partial charge in [-0.15, -0.1) is 0 Å². The summed E-state index contributed by atoms with van der Waals surface area (Å²) in [6, 6.07) is 11.3. The average molecular weight is 270 g/mol. The average Bonchev–Trinajstić information content (AvgIpc) is 2.53. The van der Waals surface area contributed by atoms with Crippen LogP contribution >= 0.6 is 0 Å². The number of aromatic nitrogens is 1. The summed E-state index contributed by atoms with van der Waals surface area (Å²) >= 11 is 0. The lowest BCUT2D eigenvalue weighted by Crippen LogP contribution is -2.03. The molecule has 0 saturated heterocycles. The number of Topliss-reactive ketones (excluding diaryl/α,β-unsaturated/α-hetero) is 1. The van der Waals surface area contributed by atoms with Gasteiger partial charge in [-0.1, -0.05) is 19.1 Å². The number of carbonyl (C=O) groups is 1. The van der Waals surface area contributed by atoms with Gasteiger partial charge in [-0.05, 0) is 29.8 Å². The number of ether oxygens (including phenoxy) is 1. The Balaban J connectivity index is 2.01. The molecule has 0 fully saturated rings. The van der Waals surface area contributed by atoms with Gasteiger partial charge in [0.25, 0.3) is 0 Å². The highest BCUT2D eigenvalue weighted by Crippen LogP contribution is 2.14. The van der Waals surface area contributed by atoms with Gasteiger partial charge in [0.1, 0.15) is 11.6 Å². The minimum atomic E-state index is 0.125. The van der Waals surface area contributed by atoms with E-state index in [2.05, 4.69) is 10.3 Å². The Labute approximate surface area is 118 Å². The van der Waals surface area contributed by atoms with E-state index in [0.29, 0.717) is 24.3 Å². The number of nitrogens with zero attached hydrogens (tertiary/aromatic N) is 1. The van der Waals surface area contributed by atoms with Crippen LogP contribution in [0.4, 0.5) is 5.82 Å². The number of pyridine rings is 1. The van der Waals surface area contributed by atoms with E-state index in [1.165, 1.54) is 0 Å². The van der Waals surface area contributed by atoms with Crippen LogP contribution in [0.1, 0.15) is 29.3 Å². The van der Waals surface area contributed by atoms with Gasteiger partial charge in [0.15, 0.2) is 5.78 Å². The zero-order chi connectivity index (χ0) is 14.4. The Morgan fingerprint density at radius 1 is 1.25 bits per heavy atom. The molecule has 1 N–H and O–H groups in total. The van der Waals surface area contributed by atoms with Gasteiger partial charge >= 0.3 is 0 Å². The molecule has 4 nitrogen and oxygen atoms in total. The van der Waals surface area contributed by atoms with Crippen LogP contribution in [0.5, 0.6) is 5.75 Å². The van der Waals surface area contributed by atoms with Crippen LogP contribution in [0.25, 0.3) is 0 Å². The van der Waals surface area contributed by atoms with E-state index in [1.54, 1.807) is 25.4 Å². The standard InChI is InChI=1S/C16H18N2O2/c1-3-15(19)13-8-9-17-16(10-13)18-11-12-4-6-14(20-2)7-5-12/h4-10H,3,11H2,1-2H3,(H,17,18). The van der Waals surface area contributed by atoms with Crippen molar-refractivity contribution >= 4 is 11.6 Å². The Morgan fingerprint density at radius 3 is 2.65 bits per heavy atom. The van der Waals surface area contributed by atoms with Crippen LogP contribution in [-0.2, 0) is 6.54 Å². The second-order valence-corrected chi connectivity index (χ2v) is 4.41. The van der Waals surface area contributed by atoms with E-state index in [1.807, 2.05) is 31.2 Å². The maximum atomic E-state index is 11.6. The molecule has 20 heavy (non-hydrogen) atoms. The largest absolute Gasteiger partial charge is 0.497 e. The summed E-state index contributed by atoms with van der Waals surface area (Å²) in [5, 5.41) is 3.21. The Kier molecular flexibility index (Phi) is 4.71. The number of methoxy groups -OCH3 is 1. The molecule has 0 unspecified atom stereocenters. The van der Waals surface area contributed by atoms with E-state index >= 15 is 0 Å². The first-order chi connectivity index (χ1) is 9.72. The molecule has 0 amide bonds. The van der Waals surface area contributed by atoms with Gasteiger partial charge in [0.2, 0.25) is 0 Å². The van der Waals surface area contributed by atoms with Crippen molar-refractivity contribution in [3.8, 4) is 5.75 Å². The van der Waals surface area contributed by atoms with Crippen molar-refractivity contribution in [1.82, 2.24) is 4.98 Å². The molecule has 0 bridgehead atoms. The highest BCUT2D eigenvalue weighted by molar-refractivity contribution is 5.96. The maximum Gasteiger partial charge on any atom is 0.162 e. The Morgan fingerprint density at radius 2 is 2.00 bits per heavy atom. The number of hydrogen-bond acceptors (Lipinski definition) is 4. The smallest absolute Gasteiger partial charge is 0.162 e. The van der Waals surface area contributed by atoms with Crippen LogP contribution in [0.2, 0.25) is 0 Å². The van der Waals surface area contributed by atoms with E-state index < -0.39 is 0 Å². The zero-order valence-corrected chi connectivity index (χ0v) is 11.7.